The van der Waals surface area contributed by atoms with Crippen molar-refractivity contribution in [3.8, 4) is 0 Å². The third kappa shape index (κ3) is 3.46. The van der Waals surface area contributed by atoms with Gasteiger partial charge in [0.25, 0.3) is 0 Å². The lowest BCUT2D eigenvalue weighted by Crippen LogP contribution is -2.19. The first kappa shape index (κ1) is 12.9. The maximum atomic E-state index is 11.8. The van der Waals surface area contributed by atoms with Crippen molar-refractivity contribution < 1.29 is 9.90 Å². The third-order valence-corrected chi connectivity index (χ3v) is 2.54. The molecule has 0 aromatic heterocycles. The summed E-state index contributed by atoms with van der Waals surface area (Å²) in [5.41, 5.74) is 1.77. The number of aliphatic hydroxyl groups excluding tert-OH is 1. The topological polar surface area (TPSA) is 37.3 Å². The van der Waals surface area contributed by atoms with Crippen LogP contribution in [0.3, 0.4) is 0 Å². The minimum atomic E-state index is -0.866. The van der Waals surface area contributed by atoms with Crippen LogP contribution in [0.15, 0.2) is 24.3 Å². The summed E-state index contributed by atoms with van der Waals surface area (Å²) < 4.78 is 0. The molecule has 0 amide bonds. The normalized spacial score (nSPS) is 12.8. The monoisotopic (exact) mass is 220 g/mol. The Bertz CT molecular complexity index is 356. The highest BCUT2D eigenvalue weighted by atomic mass is 16.3. The lowest BCUT2D eigenvalue weighted by molar-refractivity contribution is 0.0740. The van der Waals surface area contributed by atoms with Crippen LogP contribution in [-0.4, -0.2) is 17.0 Å². The molecule has 0 aliphatic carbocycles. The summed E-state index contributed by atoms with van der Waals surface area (Å²) in [4.78, 5) is 11.8. The molecular weight excluding hydrogens is 200 g/mol. The highest BCUT2D eigenvalue weighted by Crippen LogP contribution is 2.13. The number of Topliss-reactive ketones (excluding diaryl/α,β-unsaturated/α-hetero) is 1. The van der Waals surface area contributed by atoms with Crippen LogP contribution in [0.5, 0.6) is 0 Å². The van der Waals surface area contributed by atoms with Crippen molar-refractivity contribution in [1.82, 2.24) is 0 Å². The van der Waals surface area contributed by atoms with E-state index in [2.05, 4.69) is 13.8 Å². The summed E-state index contributed by atoms with van der Waals surface area (Å²) in [5, 5.41) is 9.50. The molecule has 1 aromatic rings. The number of carbonyl (C=O) groups excluding carboxylic acids is 1. The van der Waals surface area contributed by atoms with Crippen LogP contribution in [0.2, 0.25) is 0 Å². The molecule has 1 rings (SSSR count). The summed E-state index contributed by atoms with van der Waals surface area (Å²) in [6.07, 6.45) is 0.561. The first-order valence-electron chi connectivity index (χ1n) is 5.85. The maximum absolute atomic E-state index is 11.8. The van der Waals surface area contributed by atoms with Crippen molar-refractivity contribution in [2.24, 2.45) is 5.92 Å². The Kier molecular flexibility index (Phi) is 4.69. The van der Waals surface area contributed by atoms with Gasteiger partial charge in [0.15, 0.2) is 5.78 Å². The lowest BCUT2D eigenvalue weighted by atomic mass is 9.98. The molecule has 0 bridgehead atoms. The van der Waals surface area contributed by atoms with Gasteiger partial charge in [-0.05, 0) is 30.4 Å². The van der Waals surface area contributed by atoms with Gasteiger partial charge in [-0.1, -0.05) is 39.0 Å². The molecule has 1 N–H and O–H groups in total. The fourth-order valence-corrected chi connectivity index (χ4v) is 1.70. The predicted octanol–water partition coefficient (Wildman–Crippen LogP) is 2.84. The van der Waals surface area contributed by atoms with E-state index < -0.39 is 6.10 Å². The molecule has 1 unspecified atom stereocenters. The minimum absolute atomic E-state index is 0.173. The summed E-state index contributed by atoms with van der Waals surface area (Å²) in [7, 11) is 0. The molecule has 0 saturated carbocycles. The maximum Gasteiger partial charge on any atom is 0.191 e. The third-order valence-electron chi connectivity index (χ3n) is 2.54. The van der Waals surface area contributed by atoms with E-state index in [1.807, 2.05) is 18.2 Å². The van der Waals surface area contributed by atoms with Crippen LogP contribution in [-0.2, 0) is 6.42 Å². The number of carbonyl (C=O) groups is 1. The number of ketones is 1. The molecule has 2 nitrogen and oxygen atoms in total. The van der Waals surface area contributed by atoms with Gasteiger partial charge in [0.1, 0.15) is 6.10 Å². The lowest BCUT2D eigenvalue weighted by Gasteiger charge is -2.09. The van der Waals surface area contributed by atoms with E-state index in [0.717, 1.165) is 12.0 Å². The molecule has 0 aliphatic heterocycles. The average molecular weight is 220 g/mol. The summed E-state index contributed by atoms with van der Waals surface area (Å²) in [5.74, 6) is 0.398. The number of rotatable bonds is 5. The second-order valence-electron chi connectivity index (χ2n) is 4.59. The molecule has 0 radical (unpaired) electrons. The second-order valence-corrected chi connectivity index (χ2v) is 4.59. The van der Waals surface area contributed by atoms with Crippen LogP contribution in [0.25, 0.3) is 0 Å². The Morgan fingerprint density at radius 3 is 2.62 bits per heavy atom. The van der Waals surface area contributed by atoms with Crippen molar-refractivity contribution >= 4 is 5.78 Å². The van der Waals surface area contributed by atoms with E-state index in [0.29, 0.717) is 17.9 Å². The van der Waals surface area contributed by atoms with E-state index in [1.54, 1.807) is 13.0 Å². The molecule has 0 saturated heterocycles. The van der Waals surface area contributed by atoms with Crippen LogP contribution in [0, 0.1) is 5.92 Å². The fourth-order valence-electron chi connectivity index (χ4n) is 1.70. The van der Waals surface area contributed by atoms with Crippen LogP contribution in [0.1, 0.15) is 43.1 Å². The van der Waals surface area contributed by atoms with Gasteiger partial charge in [0, 0.05) is 5.56 Å². The largest absolute Gasteiger partial charge is 0.385 e. The Morgan fingerprint density at radius 2 is 2.06 bits per heavy atom. The predicted molar refractivity (Wildman–Crippen MR) is 65.6 cm³/mol. The highest BCUT2D eigenvalue weighted by molar-refractivity contribution is 5.99. The number of hydrogen-bond donors (Lipinski definition) is 1. The van der Waals surface area contributed by atoms with Gasteiger partial charge in [-0.2, -0.15) is 0 Å². The Labute approximate surface area is 97.3 Å². The zero-order valence-electron chi connectivity index (χ0n) is 10.2. The molecular formula is C14H20O2. The first-order chi connectivity index (χ1) is 7.54. The summed E-state index contributed by atoms with van der Waals surface area (Å²) in [6.45, 7) is 6.10. The van der Waals surface area contributed by atoms with E-state index in [1.165, 1.54) is 0 Å². The molecule has 0 heterocycles. The van der Waals surface area contributed by atoms with Gasteiger partial charge in [-0.15, -0.1) is 0 Å². The van der Waals surface area contributed by atoms with E-state index in [-0.39, 0.29) is 5.78 Å². The highest BCUT2D eigenvalue weighted by Gasteiger charge is 2.15. The molecule has 2 heteroatoms. The Balaban J connectivity index is 2.85. The first-order valence-corrected chi connectivity index (χ1v) is 5.85. The Morgan fingerprint density at radius 1 is 1.38 bits per heavy atom. The van der Waals surface area contributed by atoms with Crippen molar-refractivity contribution in [3.63, 3.8) is 0 Å². The fraction of sp³-hybridized carbons (Fsp3) is 0.500. The quantitative estimate of drug-likeness (QED) is 0.775. The smallest absolute Gasteiger partial charge is 0.191 e. The average Bonchev–Trinajstić information content (AvgIpc) is 2.26. The van der Waals surface area contributed by atoms with Gasteiger partial charge < -0.3 is 5.11 Å². The molecule has 88 valence electrons. The molecule has 0 spiro atoms. The van der Waals surface area contributed by atoms with E-state index >= 15 is 0 Å². The van der Waals surface area contributed by atoms with Crippen molar-refractivity contribution in [2.45, 2.75) is 39.7 Å². The second kappa shape index (κ2) is 5.80. The SMILES string of the molecule is CCC(O)C(=O)c1cccc(CC(C)C)c1. The number of benzene rings is 1. The summed E-state index contributed by atoms with van der Waals surface area (Å²) in [6, 6.07) is 7.56. The van der Waals surface area contributed by atoms with Gasteiger partial charge >= 0.3 is 0 Å². The van der Waals surface area contributed by atoms with Gasteiger partial charge in [-0.3, -0.25) is 4.79 Å². The molecule has 0 aliphatic rings. The minimum Gasteiger partial charge on any atom is -0.385 e. The van der Waals surface area contributed by atoms with E-state index in [9.17, 15) is 9.90 Å². The molecule has 16 heavy (non-hydrogen) atoms. The van der Waals surface area contributed by atoms with Crippen LogP contribution >= 0.6 is 0 Å². The molecule has 0 fully saturated rings. The Hall–Kier alpha value is -1.15. The molecule has 1 atom stereocenters. The number of hydrogen-bond acceptors (Lipinski definition) is 2. The van der Waals surface area contributed by atoms with E-state index in [4.69, 9.17) is 0 Å². The van der Waals surface area contributed by atoms with Crippen LogP contribution < -0.4 is 0 Å². The summed E-state index contributed by atoms with van der Waals surface area (Å²) >= 11 is 0. The van der Waals surface area contributed by atoms with Crippen molar-refractivity contribution in [1.29, 1.82) is 0 Å². The van der Waals surface area contributed by atoms with Crippen molar-refractivity contribution in [2.75, 3.05) is 0 Å². The van der Waals surface area contributed by atoms with Gasteiger partial charge in [0.2, 0.25) is 0 Å². The van der Waals surface area contributed by atoms with Gasteiger partial charge in [-0.25, -0.2) is 0 Å². The van der Waals surface area contributed by atoms with Crippen LogP contribution in [0.4, 0.5) is 0 Å². The van der Waals surface area contributed by atoms with Crippen molar-refractivity contribution in [3.05, 3.63) is 35.4 Å². The number of aliphatic hydroxyl groups is 1. The zero-order chi connectivity index (χ0) is 12.1. The van der Waals surface area contributed by atoms with Gasteiger partial charge in [0.05, 0.1) is 0 Å². The molecule has 1 aromatic carbocycles. The zero-order valence-corrected chi connectivity index (χ0v) is 10.2. The standard InChI is InChI=1S/C14H20O2/c1-4-13(15)14(16)12-7-5-6-11(9-12)8-10(2)3/h5-7,9-10,13,15H,4,8H2,1-3H3.